The Bertz CT molecular complexity index is 694. The second kappa shape index (κ2) is 5.76. The van der Waals surface area contributed by atoms with Gasteiger partial charge in [-0.15, -0.1) is 0 Å². The van der Waals surface area contributed by atoms with Gasteiger partial charge in [-0.1, -0.05) is 11.6 Å². The molecule has 3 N–H and O–H groups in total. The van der Waals surface area contributed by atoms with Crippen LogP contribution in [0.2, 0.25) is 5.02 Å². The maximum atomic E-state index is 13.4. The lowest BCUT2D eigenvalue weighted by Crippen LogP contribution is -2.11. The van der Waals surface area contributed by atoms with Crippen LogP contribution in [0.4, 0.5) is 4.39 Å². The monoisotopic (exact) mass is 357 g/mol. The molecule has 0 unspecified atom stereocenters. The predicted octanol–water partition coefficient (Wildman–Crippen LogP) is 4.02. The van der Waals surface area contributed by atoms with Crippen LogP contribution >= 0.6 is 27.5 Å². The van der Waals surface area contributed by atoms with E-state index in [-0.39, 0.29) is 22.5 Å². The van der Waals surface area contributed by atoms with Crippen molar-refractivity contribution in [2.75, 3.05) is 0 Å². The molecule has 4 nitrogen and oxygen atoms in total. The van der Waals surface area contributed by atoms with Crippen molar-refractivity contribution >= 4 is 33.4 Å². The minimum absolute atomic E-state index is 0.00847. The zero-order chi connectivity index (χ0) is 14.9. The molecule has 0 spiro atoms. The minimum Gasteiger partial charge on any atom is -0.438 e. The van der Waals surface area contributed by atoms with E-state index in [9.17, 15) is 4.39 Å². The van der Waals surface area contributed by atoms with Crippen molar-refractivity contribution < 1.29 is 9.13 Å². The van der Waals surface area contributed by atoms with Gasteiger partial charge in [0.1, 0.15) is 17.4 Å². The molecular weight excluding hydrogens is 349 g/mol. The van der Waals surface area contributed by atoms with Crippen molar-refractivity contribution in [2.24, 2.45) is 5.73 Å². The highest BCUT2D eigenvalue weighted by molar-refractivity contribution is 9.10. The molecule has 0 aliphatic rings. The average Bonchev–Trinajstić information content (AvgIpc) is 2.35. The summed E-state index contributed by atoms with van der Waals surface area (Å²) in [7, 11) is 0. The van der Waals surface area contributed by atoms with Gasteiger partial charge in [0.15, 0.2) is 0 Å². The Balaban J connectivity index is 2.40. The van der Waals surface area contributed by atoms with Crippen LogP contribution in [0.3, 0.4) is 0 Å². The van der Waals surface area contributed by atoms with Gasteiger partial charge >= 0.3 is 0 Å². The van der Waals surface area contributed by atoms with Gasteiger partial charge < -0.3 is 10.5 Å². The number of amidine groups is 1. The number of nitrogen functional groups attached to an aromatic ring is 1. The molecule has 0 bridgehead atoms. The molecule has 1 aromatic heterocycles. The van der Waals surface area contributed by atoms with Gasteiger partial charge in [-0.05, 0) is 35.0 Å². The summed E-state index contributed by atoms with van der Waals surface area (Å²) in [5.74, 6) is -0.233. The molecule has 2 rings (SSSR count). The van der Waals surface area contributed by atoms with E-state index in [0.717, 1.165) is 6.07 Å². The van der Waals surface area contributed by atoms with E-state index in [1.165, 1.54) is 12.1 Å². The molecule has 0 amide bonds. The molecule has 0 radical (unpaired) electrons. The van der Waals surface area contributed by atoms with E-state index in [1.54, 1.807) is 13.0 Å². The second-order valence-corrected chi connectivity index (χ2v) is 5.31. The van der Waals surface area contributed by atoms with Crippen molar-refractivity contribution in [2.45, 2.75) is 6.92 Å². The van der Waals surface area contributed by atoms with Crippen LogP contribution in [0, 0.1) is 18.2 Å². The predicted molar refractivity (Wildman–Crippen MR) is 79.2 cm³/mol. The molecule has 20 heavy (non-hydrogen) atoms. The van der Waals surface area contributed by atoms with E-state index in [4.69, 9.17) is 27.5 Å². The van der Waals surface area contributed by atoms with Crippen LogP contribution in [0.1, 0.15) is 11.3 Å². The fraction of sp³-hybridized carbons (Fsp3) is 0.0769. The molecule has 2 aromatic rings. The molecule has 1 heterocycles. The fourth-order valence-corrected chi connectivity index (χ4v) is 2.26. The molecule has 0 aliphatic carbocycles. The average molecular weight is 359 g/mol. The second-order valence-electron chi connectivity index (χ2n) is 4.05. The van der Waals surface area contributed by atoms with Crippen LogP contribution < -0.4 is 10.5 Å². The maximum Gasteiger partial charge on any atom is 0.220 e. The first-order valence-electron chi connectivity index (χ1n) is 5.52. The van der Waals surface area contributed by atoms with E-state index in [1.807, 2.05) is 0 Å². The summed E-state index contributed by atoms with van der Waals surface area (Å²) >= 11 is 8.89. The number of aromatic nitrogens is 1. The quantitative estimate of drug-likeness (QED) is 0.494. The summed E-state index contributed by atoms with van der Waals surface area (Å²) < 4.78 is 19.4. The first-order valence-corrected chi connectivity index (χ1v) is 6.69. The molecule has 0 atom stereocenters. The highest BCUT2D eigenvalue weighted by atomic mass is 79.9. The van der Waals surface area contributed by atoms with Crippen LogP contribution in [0.5, 0.6) is 11.6 Å². The number of hydrogen-bond donors (Lipinski definition) is 2. The van der Waals surface area contributed by atoms with E-state index in [0.29, 0.717) is 15.7 Å². The van der Waals surface area contributed by atoms with E-state index < -0.39 is 5.82 Å². The number of aryl methyl sites for hydroxylation is 1. The summed E-state index contributed by atoms with van der Waals surface area (Å²) in [4.78, 5) is 4.15. The minimum atomic E-state index is -0.593. The summed E-state index contributed by atoms with van der Waals surface area (Å²) in [6.45, 7) is 1.75. The van der Waals surface area contributed by atoms with Gasteiger partial charge in [0.05, 0.1) is 9.50 Å². The maximum absolute atomic E-state index is 13.4. The SMILES string of the molecule is Cc1cc(C(=N)N)cc(Oc2cc(F)c(Cl)cc2Br)n1. The number of pyridine rings is 1. The van der Waals surface area contributed by atoms with Gasteiger partial charge in [-0.3, -0.25) is 5.41 Å². The standard InChI is InChI=1S/C13H10BrClFN3O/c1-6-2-7(13(17)18)3-12(19-6)20-11-5-10(16)9(15)4-8(11)14/h2-5H,1H3,(H3,17,18). The lowest BCUT2D eigenvalue weighted by molar-refractivity contribution is 0.454. The number of benzene rings is 1. The topological polar surface area (TPSA) is 72.0 Å². The van der Waals surface area contributed by atoms with Crippen LogP contribution in [0.25, 0.3) is 0 Å². The fourth-order valence-electron chi connectivity index (χ4n) is 1.54. The van der Waals surface area contributed by atoms with Crippen LogP contribution in [-0.2, 0) is 0 Å². The smallest absolute Gasteiger partial charge is 0.220 e. The van der Waals surface area contributed by atoms with Crippen molar-refractivity contribution in [3.63, 3.8) is 0 Å². The van der Waals surface area contributed by atoms with Crippen LogP contribution in [-0.4, -0.2) is 10.8 Å². The van der Waals surface area contributed by atoms with Gasteiger partial charge in [-0.2, -0.15) is 0 Å². The number of ether oxygens (including phenoxy) is 1. The Morgan fingerprint density at radius 2 is 2.10 bits per heavy atom. The number of hydrogen-bond acceptors (Lipinski definition) is 3. The number of nitrogens with zero attached hydrogens (tertiary/aromatic N) is 1. The molecule has 0 aliphatic heterocycles. The third-order valence-electron chi connectivity index (χ3n) is 2.43. The van der Waals surface area contributed by atoms with Crippen LogP contribution in [0.15, 0.2) is 28.7 Å². The Morgan fingerprint density at radius 3 is 2.75 bits per heavy atom. The summed E-state index contributed by atoms with van der Waals surface area (Å²) in [6, 6.07) is 5.72. The van der Waals surface area contributed by atoms with Crippen molar-refractivity contribution in [1.29, 1.82) is 5.41 Å². The van der Waals surface area contributed by atoms with Gasteiger partial charge in [0, 0.05) is 23.4 Å². The van der Waals surface area contributed by atoms with Crippen molar-refractivity contribution in [1.82, 2.24) is 4.98 Å². The molecular formula is C13H10BrClFN3O. The van der Waals surface area contributed by atoms with E-state index >= 15 is 0 Å². The number of nitrogens with one attached hydrogen (secondary N) is 1. The lowest BCUT2D eigenvalue weighted by Gasteiger charge is -2.10. The number of nitrogens with two attached hydrogens (primary N) is 1. The molecule has 0 saturated heterocycles. The normalized spacial score (nSPS) is 10.4. The Morgan fingerprint density at radius 1 is 1.40 bits per heavy atom. The number of rotatable bonds is 3. The van der Waals surface area contributed by atoms with Gasteiger partial charge in [0.2, 0.25) is 5.88 Å². The molecule has 7 heteroatoms. The van der Waals surface area contributed by atoms with Gasteiger partial charge in [0.25, 0.3) is 0 Å². The zero-order valence-corrected chi connectivity index (χ0v) is 12.7. The summed E-state index contributed by atoms with van der Waals surface area (Å²) in [5.41, 5.74) is 6.55. The summed E-state index contributed by atoms with van der Waals surface area (Å²) in [5, 5.41) is 7.41. The first-order chi connectivity index (χ1) is 9.36. The lowest BCUT2D eigenvalue weighted by atomic mass is 10.2. The van der Waals surface area contributed by atoms with Crippen molar-refractivity contribution in [3.8, 4) is 11.6 Å². The third kappa shape index (κ3) is 3.26. The Hall–Kier alpha value is -1.66. The van der Waals surface area contributed by atoms with E-state index in [2.05, 4.69) is 20.9 Å². The van der Waals surface area contributed by atoms with Gasteiger partial charge in [-0.25, -0.2) is 9.37 Å². The largest absolute Gasteiger partial charge is 0.438 e. The summed E-state index contributed by atoms with van der Waals surface area (Å²) in [6.07, 6.45) is 0. The highest BCUT2D eigenvalue weighted by Crippen LogP contribution is 2.33. The molecule has 0 fully saturated rings. The third-order valence-corrected chi connectivity index (χ3v) is 3.34. The van der Waals surface area contributed by atoms with Crippen molar-refractivity contribution in [3.05, 3.63) is 50.8 Å². The molecule has 104 valence electrons. The Kier molecular flexibility index (Phi) is 4.25. The Labute approximate surface area is 128 Å². The number of halogens is 3. The molecule has 1 aromatic carbocycles. The highest BCUT2D eigenvalue weighted by Gasteiger charge is 2.11. The first kappa shape index (κ1) is 14.7. The zero-order valence-electron chi connectivity index (χ0n) is 10.4. The molecule has 0 saturated carbocycles.